The van der Waals surface area contributed by atoms with Crippen LogP contribution in [-0.4, -0.2) is 27.4 Å². The largest absolute Gasteiger partial charge is 0.433 e. The highest BCUT2D eigenvalue weighted by atomic mass is 19.4. The Morgan fingerprint density at radius 3 is 2.60 bits per heavy atom. The molecule has 1 heterocycles. The lowest BCUT2D eigenvalue weighted by Crippen LogP contribution is -2.42. The van der Waals surface area contributed by atoms with Crippen molar-refractivity contribution in [2.24, 2.45) is 5.73 Å². The molecule has 0 spiro atoms. The quantitative estimate of drug-likeness (QED) is 0.705. The van der Waals surface area contributed by atoms with Gasteiger partial charge < -0.3 is 10.8 Å². The van der Waals surface area contributed by atoms with Crippen molar-refractivity contribution in [3.05, 3.63) is 17.5 Å². The summed E-state index contributed by atoms with van der Waals surface area (Å²) in [4.78, 5) is 0. The number of aliphatic hydroxyl groups is 1. The number of alkyl halides is 3. The van der Waals surface area contributed by atoms with E-state index < -0.39 is 24.0 Å². The number of H-pyrrole nitrogens is 1. The molecule has 0 saturated heterocycles. The normalized spacial score (nSPS) is 16.4. The maximum atomic E-state index is 12.4. The molecule has 0 aliphatic rings. The first-order chi connectivity index (χ1) is 6.76. The molecule has 0 bridgehead atoms. The molecule has 7 heteroatoms. The van der Waals surface area contributed by atoms with Crippen LogP contribution in [0.3, 0.4) is 0 Å². The van der Waals surface area contributed by atoms with Gasteiger partial charge in [-0.25, -0.2) is 0 Å². The van der Waals surface area contributed by atoms with Gasteiger partial charge >= 0.3 is 6.18 Å². The molecule has 0 aliphatic carbocycles. The van der Waals surface area contributed by atoms with Crippen LogP contribution in [0.25, 0.3) is 0 Å². The standard InChI is InChI=1S/C8H12F3N3O/c1-7(12,4-15)2-5-3-13-14-6(5)8(9,10)11/h3,15H,2,4,12H2,1H3,(H,13,14). The summed E-state index contributed by atoms with van der Waals surface area (Å²) < 4.78 is 37.2. The average molecular weight is 223 g/mol. The smallest absolute Gasteiger partial charge is 0.394 e. The van der Waals surface area contributed by atoms with Gasteiger partial charge in [0.1, 0.15) is 5.69 Å². The van der Waals surface area contributed by atoms with Crippen molar-refractivity contribution in [3.8, 4) is 0 Å². The number of aromatic nitrogens is 2. The van der Waals surface area contributed by atoms with Gasteiger partial charge in [-0.05, 0) is 13.3 Å². The molecule has 1 rings (SSSR count). The molecular formula is C8H12F3N3O. The Kier molecular flexibility index (Phi) is 3.05. The lowest BCUT2D eigenvalue weighted by atomic mass is 9.95. The third-order valence-electron chi connectivity index (χ3n) is 1.96. The number of hydrogen-bond acceptors (Lipinski definition) is 3. The first-order valence-corrected chi connectivity index (χ1v) is 4.25. The lowest BCUT2D eigenvalue weighted by molar-refractivity contribution is -0.141. The molecule has 4 N–H and O–H groups in total. The van der Waals surface area contributed by atoms with Gasteiger partial charge in [0.25, 0.3) is 0 Å². The summed E-state index contributed by atoms with van der Waals surface area (Å²) in [6.07, 6.45) is -3.49. The fourth-order valence-electron chi connectivity index (χ4n) is 1.18. The van der Waals surface area contributed by atoms with Crippen LogP contribution in [0.5, 0.6) is 0 Å². The summed E-state index contributed by atoms with van der Waals surface area (Å²) in [7, 11) is 0. The van der Waals surface area contributed by atoms with E-state index in [4.69, 9.17) is 10.8 Å². The van der Waals surface area contributed by atoms with Gasteiger partial charge in [-0.3, -0.25) is 5.10 Å². The van der Waals surface area contributed by atoms with E-state index >= 15 is 0 Å². The molecule has 0 fully saturated rings. The molecule has 0 amide bonds. The molecule has 1 unspecified atom stereocenters. The van der Waals surface area contributed by atoms with E-state index in [9.17, 15) is 13.2 Å². The Morgan fingerprint density at radius 2 is 2.13 bits per heavy atom. The second-order valence-corrected chi connectivity index (χ2v) is 3.76. The maximum Gasteiger partial charge on any atom is 0.433 e. The number of nitrogens with two attached hydrogens (primary N) is 1. The Bertz CT molecular complexity index is 332. The van der Waals surface area contributed by atoms with Crippen molar-refractivity contribution in [3.63, 3.8) is 0 Å². The van der Waals surface area contributed by atoms with Crippen LogP contribution in [0.1, 0.15) is 18.2 Å². The van der Waals surface area contributed by atoms with Crippen molar-refractivity contribution >= 4 is 0 Å². The topological polar surface area (TPSA) is 74.9 Å². The number of aromatic amines is 1. The fraction of sp³-hybridized carbons (Fsp3) is 0.625. The Hall–Kier alpha value is -1.08. The van der Waals surface area contributed by atoms with Gasteiger partial charge in [0.2, 0.25) is 0 Å². The summed E-state index contributed by atoms with van der Waals surface area (Å²) >= 11 is 0. The molecule has 15 heavy (non-hydrogen) atoms. The van der Waals surface area contributed by atoms with Crippen LogP contribution >= 0.6 is 0 Å². The predicted octanol–water partition coefficient (Wildman–Crippen LogP) is 0.681. The van der Waals surface area contributed by atoms with Crippen molar-refractivity contribution in [2.75, 3.05) is 6.61 Å². The average Bonchev–Trinajstić information content (AvgIpc) is 2.50. The molecule has 1 aromatic heterocycles. The number of nitrogens with zero attached hydrogens (tertiary/aromatic N) is 1. The van der Waals surface area contributed by atoms with Crippen LogP contribution in [-0.2, 0) is 12.6 Å². The summed E-state index contributed by atoms with van der Waals surface area (Å²) in [6, 6.07) is 0. The van der Waals surface area contributed by atoms with Crippen LogP contribution in [0.2, 0.25) is 0 Å². The molecule has 86 valence electrons. The minimum atomic E-state index is -4.47. The van der Waals surface area contributed by atoms with Gasteiger partial charge in [-0.1, -0.05) is 0 Å². The SMILES string of the molecule is CC(N)(CO)Cc1cn[nH]c1C(F)(F)F. The minimum Gasteiger partial charge on any atom is -0.394 e. The number of aliphatic hydroxyl groups excluding tert-OH is 1. The molecule has 0 aromatic carbocycles. The van der Waals surface area contributed by atoms with Crippen LogP contribution in [0.4, 0.5) is 13.2 Å². The highest BCUT2D eigenvalue weighted by molar-refractivity contribution is 5.21. The van der Waals surface area contributed by atoms with Gasteiger partial charge in [-0.15, -0.1) is 0 Å². The third-order valence-corrected chi connectivity index (χ3v) is 1.96. The Balaban J connectivity index is 2.92. The first-order valence-electron chi connectivity index (χ1n) is 4.25. The van der Waals surface area contributed by atoms with Gasteiger partial charge in [0.15, 0.2) is 0 Å². The molecular weight excluding hydrogens is 211 g/mol. The summed E-state index contributed by atoms with van der Waals surface area (Å²) in [5.74, 6) is 0. The van der Waals surface area contributed by atoms with Crippen LogP contribution in [0, 0.1) is 0 Å². The van der Waals surface area contributed by atoms with E-state index in [1.807, 2.05) is 5.10 Å². The fourth-order valence-corrected chi connectivity index (χ4v) is 1.18. The van der Waals surface area contributed by atoms with Gasteiger partial charge in [0, 0.05) is 11.1 Å². The summed E-state index contributed by atoms with van der Waals surface area (Å²) in [5.41, 5.74) is 3.53. The zero-order valence-corrected chi connectivity index (χ0v) is 8.10. The van der Waals surface area contributed by atoms with E-state index in [2.05, 4.69) is 5.10 Å². The molecule has 1 atom stereocenters. The van der Waals surface area contributed by atoms with E-state index in [-0.39, 0.29) is 12.0 Å². The highest BCUT2D eigenvalue weighted by Crippen LogP contribution is 2.31. The zero-order chi connectivity index (χ0) is 11.7. The number of rotatable bonds is 3. The zero-order valence-electron chi connectivity index (χ0n) is 8.10. The van der Waals surface area contributed by atoms with Gasteiger partial charge in [0.05, 0.1) is 12.8 Å². The van der Waals surface area contributed by atoms with Crippen LogP contribution in [0.15, 0.2) is 6.20 Å². The monoisotopic (exact) mass is 223 g/mol. The van der Waals surface area contributed by atoms with Crippen molar-refractivity contribution in [1.29, 1.82) is 0 Å². The molecule has 0 saturated carbocycles. The number of hydrogen-bond donors (Lipinski definition) is 3. The summed E-state index contributed by atoms with van der Waals surface area (Å²) in [5, 5.41) is 14.1. The predicted molar refractivity (Wildman–Crippen MR) is 47.0 cm³/mol. The van der Waals surface area contributed by atoms with E-state index in [0.29, 0.717) is 0 Å². The lowest BCUT2D eigenvalue weighted by Gasteiger charge is -2.21. The molecule has 0 radical (unpaired) electrons. The van der Waals surface area contributed by atoms with Crippen molar-refractivity contribution in [1.82, 2.24) is 10.2 Å². The van der Waals surface area contributed by atoms with Crippen molar-refractivity contribution < 1.29 is 18.3 Å². The van der Waals surface area contributed by atoms with Crippen LogP contribution < -0.4 is 5.73 Å². The first kappa shape index (κ1) is 12.0. The number of nitrogens with one attached hydrogen (secondary N) is 1. The Labute approximate surface area is 84.3 Å². The van der Waals surface area contributed by atoms with E-state index in [1.54, 1.807) is 0 Å². The summed E-state index contributed by atoms with van der Waals surface area (Å²) in [6.45, 7) is 1.08. The van der Waals surface area contributed by atoms with Crippen molar-refractivity contribution in [2.45, 2.75) is 25.1 Å². The molecule has 4 nitrogen and oxygen atoms in total. The Morgan fingerprint density at radius 1 is 1.53 bits per heavy atom. The number of halogens is 3. The molecule has 0 aliphatic heterocycles. The third kappa shape index (κ3) is 2.93. The maximum absolute atomic E-state index is 12.4. The van der Waals surface area contributed by atoms with E-state index in [1.165, 1.54) is 6.92 Å². The second kappa shape index (κ2) is 3.82. The van der Waals surface area contributed by atoms with E-state index in [0.717, 1.165) is 6.20 Å². The minimum absolute atomic E-state index is 0.0402. The van der Waals surface area contributed by atoms with Gasteiger partial charge in [-0.2, -0.15) is 18.3 Å². The second-order valence-electron chi connectivity index (χ2n) is 3.76. The molecule has 1 aromatic rings. The highest BCUT2D eigenvalue weighted by Gasteiger charge is 2.36.